The molecule has 8 aromatic rings. The molecule has 16 rings (SSSR count). The number of aromatic nitrogens is 16. The Morgan fingerprint density at radius 2 is 0.607 bits per heavy atom. The van der Waals surface area contributed by atoms with Gasteiger partial charge in [0.25, 0.3) is 0 Å². The second-order valence-corrected chi connectivity index (χ2v) is 42.2. The van der Waals surface area contributed by atoms with Crippen LogP contribution in [0.2, 0.25) is 0 Å². The van der Waals surface area contributed by atoms with Crippen LogP contribution >= 0.6 is 0 Å². The SMILES string of the molecule is CC(C)(C)C.CC(C)(C)C.CC(C)(C)C.CC(C)(C)C.CC(C)(C)C.CC(C)(C)C.CC(C)(C)C.CC(C)(C)C.c1n[nH]c2c1CCCC2.c1n[nH]c2c1CCCN2.c1n[nH]c2c1CCCO2.c1n[nH]c2c1CCNC2.c1n[nH]c2c1CCOC2.c1n[nH]c2c1CNCC2.c1n[nH]c2c1COCC2.c1n[nH]c2c1OCCC2. The summed E-state index contributed by atoms with van der Waals surface area (Å²) in [6, 6.07) is 0. The van der Waals surface area contributed by atoms with E-state index in [1.165, 1.54) is 100 Å². The first-order chi connectivity index (χ1) is 51.7. The van der Waals surface area contributed by atoms with E-state index in [-0.39, 0.29) is 0 Å². The Balaban J connectivity index is 0.000000602. The minimum absolute atomic E-state index is 0.500. The first-order valence-corrected chi connectivity index (χ1v) is 41.4. The zero-order valence-electron chi connectivity index (χ0n) is 77.0. The number of hydrogen-bond donors (Lipinski definition) is 11. The van der Waals surface area contributed by atoms with E-state index >= 15 is 0 Å². The van der Waals surface area contributed by atoms with Crippen LogP contribution < -0.4 is 25.4 Å². The highest BCUT2D eigenvalue weighted by molar-refractivity contribution is 5.44. The van der Waals surface area contributed by atoms with Crippen molar-refractivity contribution in [3.05, 3.63) is 123 Å². The summed E-state index contributed by atoms with van der Waals surface area (Å²) in [6.07, 6.45) is 31.0. The van der Waals surface area contributed by atoms with E-state index in [0.717, 1.165) is 146 Å². The number of fused-ring (bicyclic) bond motifs is 8. The summed E-state index contributed by atoms with van der Waals surface area (Å²) >= 11 is 0. The topological polar surface area (TPSA) is 302 Å². The molecule has 11 N–H and O–H groups in total. The van der Waals surface area contributed by atoms with Crippen molar-refractivity contribution in [1.29, 1.82) is 0 Å². The van der Waals surface area contributed by atoms with Crippen molar-refractivity contribution in [3.8, 4) is 11.6 Å². The standard InChI is InChI=1S/C7H10N2.3C6H9N3.4C6H8N2O.8C5H12/c1-2-4-7-6(3-1)5-8-9-7;1-2-7-3-5-4-8-9-6(1)5;1-2-7-4-6-5(1)3-8-9-6;1-2-5-4-8-9-6(5)7-3-1;1-2-9-4-5-3-7-8-6(1)5;1-2-9-4-6-5(1)3-7-8-6;1-2-5-6(9-3-1)4-7-8-5;1-2-5-4-7-8-6(5)9-3-1;8*1-5(2,3)4/h5H,1-4H2,(H,8,9);4,7H,1-3H2,(H,8,9);3,7H,1-2,4H2,(H,8,9);4H,1-3H2,(H2,7,8,9);2*3H,1-2,4H2,(H,7,8);2*4H,1-3H2,(H,7,8);8*1-4H3. The fourth-order valence-corrected chi connectivity index (χ4v) is 8.96. The van der Waals surface area contributed by atoms with Crippen molar-refractivity contribution < 1.29 is 18.9 Å². The summed E-state index contributed by atoms with van der Waals surface area (Å²) in [5, 5.41) is 64.3. The lowest BCUT2D eigenvalue weighted by Gasteiger charge is -2.11. The van der Waals surface area contributed by atoms with Gasteiger partial charge < -0.3 is 34.9 Å². The molecule has 0 atom stereocenters. The second-order valence-electron chi connectivity index (χ2n) is 42.2. The van der Waals surface area contributed by atoms with Crippen LogP contribution in [-0.4, -0.2) is 128 Å². The smallest absolute Gasteiger partial charge is 0.212 e. The Morgan fingerprint density at radius 3 is 1.11 bits per heavy atom. The minimum Gasteiger partial charge on any atom is -0.490 e. The molecule has 112 heavy (non-hydrogen) atoms. The summed E-state index contributed by atoms with van der Waals surface area (Å²) in [6.45, 7) is 79.9. The predicted octanol–water partition coefficient (Wildman–Crippen LogP) is 21.0. The van der Waals surface area contributed by atoms with Crippen LogP contribution in [0, 0.1) is 43.3 Å². The second kappa shape index (κ2) is 52.4. The minimum atomic E-state index is 0.500. The van der Waals surface area contributed by atoms with Crippen LogP contribution in [-0.2, 0) is 93.6 Å². The third kappa shape index (κ3) is 64.3. The van der Waals surface area contributed by atoms with Crippen LogP contribution in [0.4, 0.5) is 5.82 Å². The van der Waals surface area contributed by atoms with Gasteiger partial charge in [-0.2, -0.15) is 40.8 Å². The Labute approximate surface area is 680 Å². The molecule has 0 unspecified atom stereocenters. The molecule has 0 amide bonds. The molecule has 1 aliphatic carbocycles. The quantitative estimate of drug-likeness (QED) is 0.0673. The first-order valence-electron chi connectivity index (χ1n) is 41.4. The first kappa shape index (κ1) is 103. The maximum absolute atomic E-state index is 5.27. The van der Waals surface area contributed by atoms with Crippen molar-refractivity contribution in [3.63, 3.8) is 0 Å². The molecule has 640 valence electrons. The maximum atomic E-state index is 5.27. The number of aryl methyl sites for hydroxylation is 5. The molecule has 8 aromatic heterocycles. The Hall–Kier alpha value is -7.08. The summed E-state index contributed by atoms with van der Waals surface area (Å²) in [4.78, 5) is 0. The molecular weight excluding hydrogens is 1400 g/mol. The van der Waals surface area contributed by atoms with Crippen molar-refractivity contribution in [2.24, 2.45) is 43.3 Å². The molecule has 0 saturated carbocycles. The fourth-order valence-electron chi connectivity index (χ4n) is 8.96. The monoisotopic (exact) mass is 1560 g/mol. The number of rotatable bonds is 0. The van der Waals surface area contributed by atoms with Gasteiger partial charge in [0, 0.05) is 78.4 Å². The molecule has 0 radical (unpaired) electrons. The highest BCUT2D eigenvalue weighted by Crippen LogP contribution is 2.23. The summed E-state index contributed by atoms with van der Waals surface area (Å²) in [5.41, 5.74) is 20.6. The summed E-state index contributed by atoms with van der Waals surface area (Å²) in [7, 11) is 0. The summed E-state index contributed by atoms with van der Waals surface area (Å²) < 4.78 is 20.9. The van der Waals surface area contributed by atoms with Crippen molar-refractivity contribution >= 4 is 5.82 Å². The molecule has 8 aliphatic rings. The fraction of sp³-hybridized carbons (Fsp3) is 0.730. The average molecular weight is 1570 g/mol. The van der Waals surface area contributed by atoms with Gasteiger partial charge in [-0.3, -0.25) is 35.7 Å². The van der Waals surface area contributed by atoms with Crippen LogP contribution in [0.25, 0.3) is 0 Å². The van der Waals surface area contributed by atoms with E-state index in [1.54, 1.807) is 6.20 Å². The molecule has 23 nitrogen and oxygen atoms in total. The van der Waals surface area contributed by atoms with E-state index in [9.17, 15) is 0 Å². The number of H-pyrrole nitrogens is 8. The molecule has 0 saturated heterocycles. The highest BCUT2D eigenvalue weighted by Gasteiger charge is 2.16. The highest BCUT2D eigenvalue weighted by atomic mass is 16.5. The van der Waals surface area contributed by atoms with E-state index < -0.39 is 0 Å². The third-order valence-corrected chi connectivity index (χ3v) is 13.1. The molecule has 0 bridgehead atoms. The van der Waals surface area contributed by atoms with Gasteiger partial charge in [-0.25, -0.2) is 5.10 Å². The van der Waals surface area contributed by atoms with E-state index in [0.29, 0.717) is 49.9 Å². The van der Waals surface area contributed by atoms with Crippen molar-refractivity contribution in [2.75, 3.05) is 51.4 Å². The third-order valence-electron chi connectivity index (χ3n) is 13.1. The molecule has 0 fully saturated rings. The molecule has 0 aromatic carbocycles. The van der Waals surface area contributed by atoms with Gasteiger partial charge >= 0.3 is 0 Å². The molecule has 7 aliphatic heterocycles. The lowest BCUT2D eigenvalue weighted by atomic mass is 9.99. The van der Waals surface area contributed by atoms with Gasteiger partial charge in [0.2, 0.25) is 5.88 Å². The predicted molar refractivity (Wildman–Crippen MR) is 468 cm³/mol. The van der Waals surface area contributed by atoms with E-state index in [4.69, 9.17) is 18.9 Å². The van der Waals surface area contributed by atoms with Crippen molar-refractivity contribution in [1.82, 2.24) is 92.2 Å². The number of nitrogens with zero attached hydrogens (tertiary/aromatic N) is 8. The number of hydrogen-bond acceptors (Lipinski definition) is 15. The Morgan fingerprint density at radius 1 is 0.250 bits per heavy atom. The van der Waals surface area contributed by atoms with Crippen LogP contribution in [0.1, 0.15) is 327 Å². The van der Waals surface area contributed by atoms with E-state index in [2.05, 4.69) is 319 Å². The van der Waals surface area contributed by atoms with Gasteiger partial charge in [-0.1, -0.05) is 222 Å². The normalized spacial score (nSPS) is 15.2. The zero-order chi connectivity index (χ0) is 84.8. The van der Waals surface area contributed by atoms with E-state index in [1.807, 2.05) is 43.4 Å². The van der Waals surface area contributed by atoms with Crippen molar-refractivity contribution in [2.45, 2.75) is 338 Å². The number of ether oxygens (including phenoxy) is 4. The lowest BCUT2D eigenvalue weighted by Crippen LogP contribution is -2.22. The Kier molecular flexibility index (Phi) is 48.2. The maximum Gasteiger partial charge on any atom is 0.212 e. The zero-order valence-corrected chi connectivity index (χ0v) is 77.0. The van der Waals surface area contributed by atoms with Crippen LogP contribution in [0.3, 0.4) is 0 Å². The molecular formula is C89H165N19O4. The van der Waals surface area contributed by atoms with Gasteiger partial charge in [0.1, 0.15) is 5.82 Å². The summed E-state index contributed by atoms with van der Waals surface area (Å²) in [5.74, 6) is 2.91. The van der Waals surface area contributed by atoms with Gasteiger partial charge in [0.05, 0.1) is 106 Å². The largest absolute Gasteiger partial charge is 0.490 e. The average Bonchev–Trinajstić information content (AvgIpc) is 1.79. The lowest BCUT2D eigenvalue weighted by molar-refractivity contribution is 0.108. The Bertz CT molecular complexity index is 2660. The van der Waals surface area contributed by atoms with Crippen LogP contribution in [0.5, 0.6) is 11.6 Å². The number of nitrogens with one attached hydrogen (secondary N) is 11. The van der Waals surface area contributed by atoms with Gasteiger partial charge in [-0.15, -0.1) is 0 Å². The number of aromatic amines is 8. The number of anilines is 1. The van der Waals surface area contributed by atoms with Crippen LogP contribution in [0.15, 0.2) is 49.6 Å². The molecule has 0 spiro atoms. The van der Waals surface area contributed by atoms with Gasteiger partial charge in [-0.05, 0) is 144 Å². The van der Waals surface area contributed by atoms with Gasteiger partial charge in [0.15, 0.2) is 5.75 Å². The molecule has 23 heteroatoms. The molecule has 15 heterocycles.